The summed E-state index contributed by atoms with van der Waals surface area (Å²) in [6.07, 6.45) is 2.24. The van der Waals surface area contributed by atoms with E-state index in [1.54, 1.807) is 0 Å². The van der Waals surface area contributed by atoms with Crippen molar-refractivity contribution < 1.29 is 0 Å². The lowest BCUT2D eigenvalue weighted by Gasteiger charge is -2.28. The summed E-state index contributed by atoms with van der Waals surface area (Å²) in [5, 5.41) is 0.858. The van der Waals surface area contributed by atoms with Crippen LogP contribution in [0.15, 0.2) is 42.5 Å². The molecule has 0 aliphatic carbocycles. The molecule has 0 bridgehead atoms. The lowest BCUT2D eigenvalue weighted by Crippen LogP contribution is -2.32. The fraction of sp³-hybridized carbons (Fsp3) is 0.333. The van der Waals surface area contributed by atoms with E-state index in [9.17, 15) is 0 Å². The Labute approximate surface area is 126 Å². The maximum absolute atomic E-state index is 6.06. The second-order valence-corrected chi connectivity index (χ2v) is 6.11. The van der Waals surface area contributed by atoms with Crippen molar-refractivity contribution in [1.29, 1.82) is 0 Å². The van der Waals surface area contributed by atoms with Gasteiger partial charge in [-0.25, -0.2) is 0 Å². The molecule has 0 saturated carbocycles. The monoisotopic (exact) mass is 285 g/mol. The van der Waals surface area contributed by atoms with Gasteiger partial charge in [-0.15, -0.1) is 0 Å². The molecular weight excluding hydrogens is 266 g/mol. The summed E-state index contributed by atoms with van der Waals surface area (Å²) >= 11 is 6.06. The van der Waals surface area contributed by atoms with Gasteiger partial charge >= 0.3 is 0 Å². The van der Waals surface area contributed by atoms with E-state index in [1.165, 1.54) is 22.3 Å². The third-order valence-corrected chi connectivity index (χ3v) is 4.29. The van der Waals surface area contributed by atoms with E-state index in [-0.39, 0.29) is 0 Å². The quantitative estimate of drug-likeness (QED) is 0.815. The van der Waals surface area contributed by atoms with Gasteiger partial charge in [0.2, 0.25) is 0 Å². The van der Waals surface area contributed by atoms with E-state index in [4.69, 9.17) is 11.6 Å². The SMILES string of the molecule is Cc1cccc(CCN2CCc3cc(Cl)ccc3C2)c1. The molecule has 1 heterocycles. The minimum atomic E-state index is 0.858. The Morgan fingerprint density at radius 2 is 2.00 bits per heavy atom. The first-order chi connectivity index (χ1) is 9.70. The molecule has 0 radical (unpaired) electrons. The summed E-state index contributed by atoms with van der Waals surface area (Å²) in [6, 6.07) is 15.1. The van der Waals surface area contributed by atoms with Gasteiger partial charge in [-0.2, -0.15) is 0 Å². The maximum atomic E-state index is 6.06. The van der Waals surface area contributed by atoms with Crippen LogP contribution in [-0.4, -0.2) is 18.0 Å². The molecular formula is C18H20ClN. The summed E-state index contributed by atoms with van der Waals surface area (Å²) in [7, 11) is 0. The summed E-state index contributed by atoms with van der Waals surface area (Å²) in [5.41, 5.74) is 5.64. The van der Waals surface area contributed by atoms with Crippen molar-refractivity contribution in [3.63, 3.8) is 0 Å². The van der Waals surface area contributed by atoms with E-state index >= 15 is 0 Å². The summed E-state index contributed by atoms with van der Waals surface area (Å²) < 4.78 is 0. The Hall–Kier alpha value is -1.31. The van der Waals surface area contributed by atoms with Crippen molar-refractivity contribution in [2.45, 2.75) is 26.3 Å². The van der Waals surface area contributed by atoms with Crippen LogP contribution in [-0.2, 0) is 19.4 Å². The predicted octanol–water partition coefficient (Wildman–Crippen LogP) is 4.25. The minimum absolute atomic E-state index is 0.858. The zero-order valence-corrected chi connectivity index (χ0v) is 12.7. The van der Waals surface area contributed by atoms with Gasteiger partial charge in [0.25, 0.3) is 0 Å². The van der Waals surface area contributed by atoms with Gasteiger partial charge in [0, 0.05) is 24.7 Å². The molecule has 0 atom stereocenters. The smallest absolute Gasteiger partial charge is 0.0408 e. The van der Waals surface area contributed by atoms with Crippen molar-refractivity contribution >= 4 is 11.6 Å². The Balaban J connectivity index is 1.62. The average Bonchev–Trinajstić information content (AvgIpc) is 2.45. The van der Waals surface area contributed by atoms with Gasteiger partial charge < -0.3 is 0 Å². The molecule has 1 aliphatic heterocycles. The highest BCUT2D eigenvalue weighted by Gasteiger charge is 2.15. The number of hydrogen-bond donors (Lipinski definition) is 0. The molecule has 0 amide bonds. The van der Waals surface area contributed by atoms with Crippen LogP contribution < -0.4 is 0 Å². The summed E-state index contributed by atoms with van der Waals surface area (Å²) in [6.45, 7) is 5.48. The van der Waals surface area contributed by atoms with Crippen LogP contribution in [0.1, 0.15) is 22.3 Å². The Kier molecular flexibility index (Phi) is 4.09. The van der Waals surface area contributed by atoms with E-state index in [0.717, 1.165) is 37.5 Å². The molecule has 1 nitrogen and oxygen atoms in total. The summed E-state index contributed by atoms with van der Waals surface area (Å²) in [4.78, 5) is 2.54. The molecule has 0 fully saturated rings. The highest BCUT2D eigenvalue weighted by molar-refractivity contribution is 6.30. The lowest BCUT2D eigenvalue weighted by molar-refractivity contribution is 0.257. The van der Waals surface area contributed by atoms with Crippen LogP contribution in [0.4, 0.5) is 0 Å². The van der Waals surface area contributed by atoms with Crippen LogP contribution in [0.3, 0.4) is 0 Å². The first-order valence-corrected chi connectivity index (χ1v) is 7.64. The van der Waals surface area contributed by atoms with Crippen molar-refractivity contribution in [2.75, 3.05) is 13.1 Å². The summed E-state index contributed by atoms with van der Waals surface area (Å²) in [5.74, 6) is 0. The molecule has 0 spiro atoms. The van der Waals surface area contributed by atoms with Gasteiger partial charge in [0.1, 0.15) is 0 Å². The van der Waals surface area contributed by atoms with Crippen molar-refractivity contribution in [1.82, 2.24) is 4.90 Å². The first-order valence-electron chi connectivity index (χ1n) is 7.26. The molecule has 2 aromatic rings. The van der Waals surface area contributed by atoms with E-state index in [0.29, 0.717) is 0 Å². The predicted molar refractivity (Wildman–Crippen MR) is 85.3 cm³/mol. The van der Waals surface area contributed by atoms with Crippen LogP contribution in [0.2, 0.25) is 5.02 Å². The number of halogens is 1. The van der Waals surface area contributed by atoms with Gasteiger partial charge in [-0.3, -0.25) is 4.90 Å². The number of nitrogens with zero attached hydrogens (tertiary/aromatic N) is 1. The molecule has 104 valence electrons. The molecule has 3 rings (SSSR count). The van der Waals surface area contributed by atoms with Crippen LogP contribution in [0.25, 0.3) is 0 Å². The second-order valence-electron chi connectivity index (χ2n) is 5.68. The molecule has 2 heteroatoms. The van der Waals surface area contributed by atoms with Crippen LogP contribution in [0, 0.1) is 6.92 Å². The van der Waals surface area contributed by atoms with E-state index in [1.807, 2.05) is 6.07 Å². The first kappa shape index (κ1) is 13.7. The van der Waals surface area contributed by atoms with Gasteiger partial charge in [0.05, 0.1) is 0 Å². The van der Waals surface area contributed by atoms with Crippen LogP contribution in [0.5, 0.6) is 0 Å². The molecule has 0 saturated heterocycles. The largest absolute Gasteiger partial charge is 0.298 e. The molecule has 2 aromatic carbocycles. The van der Waals surface area contributed by atoms with Gasteiger partial charge in [-0.1, -0.05) is 47.5 Å². The van der Waals surface area contributed by atoms with Crippen LogP contribution >= 0.6 is 11.6 Å². The third kappa shape index (κ3) is 3.23. The third-order valence-electron chi connectivity index (χ3n) is 4.06. The van der Waals surface area contributed by atoms with Gasteiger partial charge in [-0.05, 0) is 48.6 Å². The van der Waals surface area contributed by atoms with Crippen molar-refractivity contribution in [3.8, 4) is 0 Å². The number of rotatable bonds is 3. The molecule has 20 heavy (non-hydrogen) atoms. The molecule has 0 unspecified atom stereocenters. The minimum Gasteiger partial charge on any atom is -0.298 e. The fourth-order valence-corrected chi connectivity index (χ4v) is 3.12. The number of fused-ring (bicyclic) bond motifs is 1. The lowest BCUT2D eigenvalue weighted by atomic mass is 9.99. The van der Waals surface area contributed by atoms with Crippen molar-refractivity contribution in [3.05, 3.63) is 69.7 Å². The zero-order chi connectivity index (χ0) is 13.9. The fourth-order valence-electron chi connectivity index (χ4n) is 2.93. The molecule has 0 aromatic heterocycles. The highest BCUT2D eigenvalue weighted by atomic mass is 35.5. The topological polar surface area (TPSA) is 3.24 Å². The normalized spacial score (nSPS) is 15.1. The Morgan fingerprint density at radius 3 is 2.85 bits per heavy atom. The van der Waals surface area contributed by atoms with Gasteiger partial charge in [0.15, 0.2) is 0 Å². The van der Waals surface area contributed by atoms with E-state index in [2.05, 4.69) is 48.2 Å². The standard InChI is InChI=1S/C18H20ClN/c1-14-3-2-4-15(11-14)7-9-20-10-8-16-12-18(19)6-5-17(16)13-20/h2-6,11-12H,7-10,13H2,1H3. The Bertz CT molecular complexity index is 606. The average molecular weight is 286 g/mol. The maximum Gasteiger partial charge on any atom is 0.0408 e. The van der Waals surface area contributed by atoms with E-state index < -0.39 is 0 Å². The Morgan fingerprint density at radius 1 is 1.10 bits per heavy atom. The number of benzene rings is 2. The number of aryl methyl sites for hydroxylation is 1. The highest BCUT2D eigenvalue weighted by Crippen LogP contribution is 2.22. The second kappa shape index (κ2) is 5.99. The van der Waals surface area contributed by atoms with Crippen molar-refractivity contribution in [2.24, 2.45) is 0 Å². The number of hydrogen-bond acceptors (Lipinski definition) is 1. The zero-order valence-electron chi connectivity index (χ0n) is 11.9. The molecule has 1 aliphatic rings. The molecule has 0 N–H and O–H groups in total.